The van der Waals surface area contributed by atoms with Gasteiger partial charge in [0.05, 0.1) is 5.82 Å². The summed E-state index contributed by atoms with van der Waals surface area (Å²) in [7, 11) is 0. The predicted molar refractivity (Wildman–Crippen MR) is 56.3 cm³/mol. The van der Waals surface area contributed by atoms with Gasteiger partial charge in [0.25, 0.3) is 0 Å². The van der Waals surface area contributed by atoms with E-state index < -0.39 is 0 Å². The molecule has 0 atom stereocenters. The lowest BCUT2D eigenvalue weighted by molar-refractivity contribution is -0.118. The van der Waals surface area contributed by atoms with Crippen LogP contribution in [0.5, 0.6) is 0 Å². The largest absolute Gasteiger partial charge is 0.372 e. The summed E-state index contributed by atoms with van der Waals surface area (Å²) < 4.78 is 0. The fraction of sp³-hybridized carbons (Fsp3) is 0.500. The Morgan fingerprint density at radius 2 is 2.50 bits per heavy atom. The van der Waals surface area contributed by atoms with Gasteiger partial charge in [-0.15, -0.1) is 0 Å². The molecule has 4 heteroatoms. The summed E-state index contributed by atoms with van der Waals surface area (Å²) in [5, 5.41) is 6.40. The van der Waals surface area contributed by atoms with Crippen LogP contribution < -0.4 is 16.4 Å². The van der Waals surface area contributed by atoms with Gasteiger partial charge in [-0.2, -0.15) is 0 Å². The van der Waals surface area contributed by atoms with Crippen molar-refractivity contribution in [1.82, 2.24) is 10.6 Å². The van der Waals surface area contributed by atoms with Crippen molar-refractivity contribution in [3.05, 3.63) is 23.5 Å². The van der Waals surface area contributed by atoms with Gasteiger partial charge in [-0.3, -0.25) is 4.79 Å². The maximum absolute atomic E-state index is 10.5. The second-order valence-electron chi connectivity index (χ2n) is 3.38. The Hall–Kier alpha value is -1.45. The van der Waals surface area contributed by atoms with Crippen molar-refractivity contribution in [3.8, 4) is 0 Å². The van der Waals surface area contributed by atoms with Crippen LogP contribution in [0.4, 0.5) is 0 Å². The molecule has 0 aromatic carbocycles. The third-order valence-corrected chi connectivity index (χ3v) is 2.00. The Balaban J connectivity index is 2.18. The molecule has 4 N–H and O–H groups in total. The Labute approximate surface area is 84.2 Å². The maximum atomic E-state index is 10.5. The highest BCUT2D eigenvalue weighted by Crippen LogP contribution is 2.02. The summed E-state index contributed by atoms with van der Waals surface area (Å²) in [4.78, 5) is 10.5. The zero-order valence-electron chi connectivity index (χ0n) is 8.47. The van der Waals surface area contributed by atoms with Crippen LogP contribution in [0, 0.1) is 0 Å². The Morgan fingerprint density at radius 1 is 1.71 bits per heavy atom. The van der Waals surface area contributed by atoms with Crippen LogP contribution in [-0.2, 0) is 4.79 Å². The minimum Gasteiger partial charge on any atom is -0.372 e. The van der Waals surface area contributed by atoms with E-state index in [-0.39, 0.29) is 5.91 Å². The fourth-order valence-electron chi connectivity index (χ4n) is 1.26. The minimum atomic E-state index is -0.242. The Bertz CT molecular complexity index is 269. The van der Waals surface area contributed by atoms with Gasteiger partial charge in [0, 0.05) is 19.5 Å². The van der Waals surface area contributed by atoms with Gasteiger partial charge < -0.3 is 16.4 Å². The summed E-state index contributed by atoms with van der Waals surface area (Å²) in [5.41, 5.74) is 6.28. The highest BCUT2D eigenvalue weighted by Gasteiger charge is 2.00. The lowest BCUT2D eigenvalue weighted by atomic mass is 10.2. The number of dihydropyridines is 1. The molecule has 0 fully saturated rings. The van der Waals surface area contributed by atoms with Crippen LogP contribution >= 0.6 is 0 Å². The molecule has 1 amide bonds. The first-order valence-corrected chi connectivity index (χ1v) is 4.83. The second kappa shape index (κ2) is 5.32. The minimum absolute atomic E-state index is 0.242. The second-order valence-corrected chi connectivity index (χ2v) is 3.38. The molecule has 78 valence electrons. The molecule has 0 spiro atoms. The number of nitrogens with one attached hydrogen (secondary N) is 2. The molecule has 0 aromatic rings. The zero-order chi connectivity index (χ0) is 10.4. The monoisotopic (exact) mass is 195 g/mol. The normalized spacial score (nSPS) is 15.2. The van der Waals surface area contributed by atoms with Crippen molar-refractivity contribution in [2.24, 2.45) is 5.73 Å². The van der Waals surface area contributed by atoms with E-state index in [2.05, 4.69) is 23.6 Å². The van der Waals surface area contributed by atoms with E-state index in [1.54, 1.807) is 0 Å². The average molecular weight is 195 g/mol. The number of amides is 1. The van der Waals surface area contributed by atoms with E-state index in [4.69, 9.17) is 5.73 Å². The van der Waals surface area contributed by atoms with Crippen LogP contribution in [0.3, 0.4) is 0 Å². The van der Waals surface area contributed by atoms with E-state index in [0.717, 1.165) is 25.3 Å². The summed E-state index contributed by atoms with van der Waals surface area (Å²) in [6, 6.07) is 0. The standard InChI is InChI=1S/C10H17N3O/c1-8-4-6-13-10(7-8)12-5-2-3-9(11)14/h4,7,12-13H,2-3,5-6H2,1H3,(H2,11,14). The van der Waals surface area contributed by atoms with Crippen LogP contribution in [0.25, 0.3) is 0 Å². The molecule has 1 aliphatic rings. The quantitative estimate of drug-likeness (QED) is 0.550. The first kappa shape index (κ1) is 10.6. The van der Waals surface area contributed by atoms with Crippen LogP contribution in [0.2, 0.25) is 0 Å². The molecule has 0 unspecified atom stereocenters. The van der Waals surface area contributed by atoms with Crippen LogP contribution in [-0.4, -0.2) is 19.0 Å². The molecule has 1 rings (SSSR count). The van der Waals surface area contributed by atoms with Crippen molar-refractivity contribution in [1.29, 1.82) is 0 Å². The van der Waals surface area contributed by atoms with Gasteiger partial charge in [0.2, 0.25) is 5.91 Å². The first-order valence-electron chi connectivity index (χ1n) is 4.83. The third-order valence-electron chi connectivity index (χ3n) is 2.00. The van der Waals surface area contributed by atoms with Gasteiger partial charge in [-0.25, -0.2) is 0 Å². The molecule has 1 heterocycles. The number of nitrogens with two attached hydrogens (primary N) is 1. The highest BCUT2D eigenvalue weighted by molar-refractivity contribution is 5.73. The van der Waals surface area contributed by atoms with Crippen molar-refractivity contribution in [2.45, 2.75) is 19.8 Å². The van der Waals surface area contributed by atoms with Gasteiger partial charge in [-0.05, 0) is 25.0 Å². The summed E-state index contributed by atoms with van der Waals surface area (Å²) in [6.07, 6.45) is 5.38. The molecular formula is C10H17N3O. The molecular weight excluding hydrogens is 178 g/mol. The number of allylic oxidation sites excluding steroid dienone is 2. The Kier molecular flexibility index (Phi) is 4.04. The highest BCUT2D eigenvalue weighted by atomic mass is 16.1. The molecule has 1 aliphatic heterocycles. The van der Waals surface area contributed by atoms with Gasteiger partial charge in [0.1, 0.15) is 0 Å². The molecule has 0 aliphatic carbocycles. The topological polar surface area (TPSA) is 67.2 Å². The molecule has 0 saturated heterocycles. The average Bonchev–Trinajstić information content (AvgIpc) is 2.12. The molecule has 0 bridgehead atoms. The first-order chi connectivity index (χ1) is 6.68. The van der Waals surface area contributed by atoms with Gasteiger partial charge in [0.15, 0.2) is 0 Å². The lowest BCUT2D eigenvalue weighted by Gasteiger charge is -2.16. The van der Waals surface area contributed by atoms with Crippen molar-refractivity contribution in [2.75, 3.05) is 13.1 Å². The number of carbonyl (C=O) groups is 1. The number of primary amides is 1. The van der Waals surface area contributed by atoms with E-state index >= 15 is 0 Å². The third kappa shape index (κ3) is 3.98. The SMILES string of the molecule is CC1=CCNC(NCCCC(N)=O)=C1. The predicted octanol–water partition coefficient (Wildman–Crippen LogP) is 0.232. The lowest BCUT2D eigenvalue weighted by Crippen LogP contribution is -2.29. The summed E-state index contributed by atoms with van der Waals surface area (Å²) >= 11 is 0. The van der Waals surface area contributed by atoms with E-state index in [9.17, 15) is 4.79 Å². The molecule has 0 radical (unpaired) electrons. The molecule has 0 saturated carbocycles. The van der Waals surface area contributed by atoms with Crippen LogP contribution in [0.15, 0.2) is 23.5 Å². The van der Waals surface area contributed by atoms with E-state index in [0.29, 0.717) is 6.42 Å². The molecule has 0 aromatic heterocycles. The number of hydrogen-bond donors (Lipinski definition) is 3. The van der Waals surface area contributed by atoms with Crippen molar-refractivity contribution < 1.29 is 4.79 Å². The summed E-state index contributed by atoms with van der Waals surface area (Å²) in [5.74, 6) is 0.780. The van der Waals surface area contributed by atoms with Crippen molar-refractivity contribution >= 4 is 5.91 Å². The molecule has 14 heavy (non-hydrogen) atoms. The van der Waals surface area contributed by atoms with Gasteiger partial charge >= 0.3 is 0 Å². The zero-order valence-corrected chi connectivity index (χ0v) is 8.47. The fourth-order valence-corrected chi connectivity index (χ4v) is 1.26. The summed E-state index contributed by atoms with van der Waals surface area (Å²) in [6.45, 7) is 3.70. The van der Waals surface area contributed by atoms with Crippen LogP contribution in [0.1, 0.15) is 19.8 Å². The Morgan fingerprint density at radius 3 is 3.14 bits per heavy atom. The number of carbonyl (C=O) groups excluding carboxylic acids is 1. The molecule has 4 nitrogen and oxygen atoms in total. The maximum Gasteiger partial charge on any atom is 0.217 e. The smallest absolute Gasteiger partial charge is 0.217 e. The number of rotatable bonds is 5. The van der Waals surface area contributed by atoms with E-state index in [1.807, 2.05) is 6.08 Å². The van der Waals surface area contributed by atoms with Crippen molar-refractivity contribution in [3.63, 3.8) is 0 Å². The number of hydrogen-bond acceptors (Lipinski definition) is 3. The van der Waals surface area contributed by atoms with E-state index in [1.165, 1.54) is 5.57 Å². The van der Waals surface area contributed by atoms with Gasteiger partial charge in [-0.1, -0.05) is 6.08 Å².